The topological polar surface area (TPSA) is 40.5 Å². The second kappa shape index (κ2) is 10.8. The third-order valence-corrected chi connectivity index (χ3v) is 9.35. The van der Waals surface area contributed by atoms with Crippen molar-refractivity contribution >= 4 is 40.7 Å². The van der Waals surface area contributed by atoms with Gasteiger partial charge in [-0.15, -0.1) is 11.3 Å². The van der Waals surface area contributed by atoms with E-state index >= 15 is 0 Å². The molecule has 0 aliphatic heterocycles. The second-order valence-corrected chi connectivity index (χ2v) is 11.7. The van der Waals surface area contributed by atoms with E-state index in [0.717, 1.165) is 36.8 Å². The Kier molecular flexibility index (Phi) is 6.71. The summed E-state index contributed by atoms with van der Waals surface area (Å²) in [7, 11) is 0. The Hall–Kier alpha value is -4.51. The Labute approximate surface area is 244 Å². The molecular formula is C37H29NO2S. The summed E-state index contributed by atoms with van der Waals surface area (Å²) in [6.07, 6.45) is 9.92. The van der Waals surface area contributed by atoms with Crippen molar-refractivity contribution < 1.29 is 10.0 Å². The number of allylic oxidation sites excluding steroid dienone is 1. The lowest BCUT2D eigenvalue weighted by Gasteiger charge is -2.26. The van der Waals surface area contributed by atoms with Crippen molar-refractivity contribution in [1.82, 2.24) is 0 Å². The molecule has 200 valence electrons. The quantitative estimate of drug-likeness (QED) is 0.134. The fraction of sp³-hybridized carbons (Fsp3) is 0.108. The van der Waals surface area contributed by atoms with Crippen LogP contribution < -0.4 is 5.06 Å². The molecule has 1 N–H and O–H groups in total. The first-order valence-corrected chi connectivity index (χ1v) is 14.9. The van der Waals surface area contributed by atoms with Crippen LogP contribution in [0.15, 0.2) is 109 Å². The molecule has 0 spiro atoms. The summed E-state index contributed by atoms with van der Waals surface area (Å²) in [5, 5.41) is 10.8. The summed E-state index contributed by atoms with van der Waals surface area (Å²) in [6.45, 7) is 0. The van der Waals surface area contributed by atoms with E-state index in [4.69, 9.17) is 0 Å². The number of hydroxylamine groups is 1. The van der Waals surface area contributed by atoms with Crippen LogP contribution in [0, 0.1) is 0 Å². The van der Waals surface area contributed by atoms with E-state index in [2.05, 4.69) is 66.7 Å². The first-order chi connectivity index (χ1) is 20.1. The lowest BCUT2D eigenvalue weighted by atomic mass is 9.78. The number of fused-ring (bicyclic) bond motifs is 5. The number of rotatable bonds is 5. The number of nitrogens with zero attached hydrogens (tertiary/aromatic N) is 1. The molecule has 4 aromatic carbocycles. The number of carbonyl (C=O) groups is 1. The van der Waals surface area contributed by atoms with E-state index in [1.54, 1.807) is 35.9 Å². The number of carbonyl (C=O) groups excluding carboxylic acids is 1. The molecule has 0 bridgehead atoms. The highest BCUT2D eigenvalue weighted by Crippen LogP contribution is 2.42. The first-order valence-electron chi connectivity index (χ1n) is 14.0. The van der Waals surface area contributed by atoms with Gasteiger partial charge < -0.3 is 0 Å². The van der Waals surface area contributed by atoms with Crippen LogP contribution in [0.2, 0.25) is 0 Å². The molecule has 0 unspecified atom stereocenters. The molecule has 0 radical (unpaired) electrons. The minimum atomic E-state index is -0.490. The zero-order valence-corrected chi connectivity index (χ0v) is 23.4. The van der Waals surface area contributed by atoms with Gasteiger partial charge in [0.1, 0.15) is 0 Å². The monoisotopic (exact) mass is 551 g/mol. The highest BCUT2D eigenvalue weighted by molar-refractivity contribution is 7.16. The summed E-state index contributed by atoms with van der Waals surface area (Å²) in [6, 6.07) is 34.9. The number of amides is 1. The molecule has 0 saturated carbocycles. The fourth-order valence-electron chi connectivity index (χ4n) is 6.01. The largest absolute Gasteiger partial charge is 0.281 e. The summed E-state index contributed by atoms with van der Waals surface area (Å²) in [5.41, 5.74) is 12.7. The van der Waals surface area contributed by atoms with E-state index in [0.29, 0.717) is 10.8 Å². The molecule has 0 fully saturated rings. The van der Waals surface area contributed by atoms with Crippen molar-refractivity contribution in [2.24, 2.45) is 0 Å². The minimum absolute atomic E-state index is 0.438. The molecule has 2 aliphatic carbocycles. The van der Waals surface area contributed by atoms with E-state index in [9.17, 15) is 10.0 Å². The fourth-order valence-corrected chi connectivity index (χ4v) is 7.07. The van der Waals surface area contributed by atoms with Gasteiger partial charge in [0.2, 0.25) is 0 Å². The van der Waals surface area contributed by atoms with Crippen LogP contribution in [0.25, 0.3) is 39.3 Å². The SMILES string of the molecule is O=C(C=Cc1ccc(-c2ccc(C3=Cc4ccc5c(c4CC3)CCc3ccccc3-5)s2)cc1)N(O)c1ccccc1. The zero-order chi connectivity index (χ0) is 27.8. The average Bonchev–Trinajstić information content (AvgIpc) is 3.54. The number of benzene rings is 4. The number of hydrogen-bond acceptors (Lipinski definition) is 3. The molecule has 0 saturated heterocycles. The van der Waals surface area contributed by atoms with Crippen LogP contribution in [-0.2, 0) is 24.1 Å². The van der Waals surface area contributed by atoms with Crippen LogP contribution in [-0.4, -0.2) is 11.1 Å². The van der Waals surface area contributed by atoms with Crippen molar-refractivity contribution in [3.8, 4) is 21.6 Å². The van der Waals surface area contributed by atoms with Crippen molar-refractivity contribution in [3.63, 3.8) is 0 Å². The van der Waals surface area contributed by atoms with Crippen LogP contribution in [0.1, 0.15) is 39.1 Å². The van der Waals surface area contributed by atoms with Crippen LogP contribution >= 0.6 is 11.3 Å². The number of thiophene rings is 1. The van der Waals surface area contributed by atoms with Crippen molar-refractivity contribution in [3.05, 3.63) is 142 Å². The van der Waals surface area contributed by atoms with Gasteiger partial charge in [-0.25, -0.2) is 0 Å². The Balaban J connectivity index is 1.07. The lowest BCUT2D eigenvalue weighted by molar-refractivity contribution is -0.118. The Bertz CT molecular complexity index is 1810. The van der Waals surface area contributed by atoms with Gasteiger partial charge >= 0.3 is 0 Å². The van der Waals surface area contributed by atoms with Crippen LogP contribution in [0.5, 0.6) is 0 Å². The summed E-state index contributed by atoms with van der Waals surface area (Å²) in [4.78, 5) is 14.9. The molecule has 2 aliphatic rings. The Morgan fingerprint density at radius 1 is 0.707 bits per heavy atom. The van der Waals surface area contributed by atoms with Crippen molar-refractivity contribution in [1.29, 1.82) is 0 Å². The second-order valence-electron chi connectivity index (χ2n) is 10.6. The molecular weight excluding hydrogens is 522 g/mol. The van der Waals surface area contributed by atoms with Gasteiger partial charge in [0, 0.05) is 15.8 Å². The molecule has 4 heteroatoms. The molecule has 3 nitrogen and oxygen atoms in total. The Morgan fingerprint density at radius 3 is 2.32 bits per heavy atom. The smallest absolute Gasteiger partial charge is 0.274 e. The standard InChI is InChI=1S/C37H29NO2S/c39-37(38(40)30-7-2-1-3-8-30)23-12-25-10-13-27(14-11-25)35-21-22-36(41-35)29-17-18-32-28(24-29)16-20-33-31-9-5-4-6-26(31)15-19-34(32)33/h1-14,16,20-24,40H,15,17-19H2. The van der Waals surface area contributed by atoms with E-state index in [-0.39, 0.29) is 0 Å². The van der Waals surface area contributed by atoms with Gasteiger partial charge in [0.05, 0.1) is 5.69 Å². The molecule has 5 aromatic rings. The molecule has 7 rings (SSSR count). The summed E-state index contributed by atoms with van der Waals surface area (Å²) < 4.78 is 0. The maximum atomic E-state index is 12.3. The van der Waals surface area contributed by atoms with E-state index in [1.807, 2.05) is 29.5 Å². The number of aryl methyl sites for hydroxylation is 1. The number of hydrogen-bond donors (Lipinski definition) is 1. The van der Waals surface area contributed by atoms with Crippen molar-refractivity contribution in [2.75, 3.05) is 5.06 Å². The van der Waals surface area contributed by atoms with Gasteiger partial charge in [-0.2, -0.15) is 5.06 Å². The molecule has 1 heterocycles. The molecule has 41 heavy (non-hydrogen) atoms. The summed E-state index contributed by atoms with van der Waals surface area (Å²) >= 11 is 1.83. The van der Waals surface area contributed by atoms with Gasteiger partial charge in [-0.1, -0.05) is 84.9 Å². The predicted molar refractivity (Wildman–Crippen MR) is 170 cm³/mol. The van der Waals surface area contributed by atoms with E-state index < -0.39 is 5.91 Å². The van der Waals surface area contributed by atoms with Gasteiger partial charge in [0.25, 0.3) is 5.91 Å². The van der Waals surface area contributed by atoms with Gasteiger partial charge in [-0.3, -0.25) is 10.0 Å². The summed E-state index contributed by atoms with van der Waals surface area (Å²) in [5.74, 6) is -0.490. The molecule has 1 aromatic heterocycles. The van der Waals surface area contributed by atoms with Crippen molar-refractivity contribution in [2.45, 2.75) is 25.7 Å². The van der Waals surface area contributed by atoms with Crippen LogP contribution in [0.3, 0.4) is 0 Å². The minimum Gasteiger partial charge on any atom is -0.281 e. The van der Waals surface area contributed by atoms with Gasteiger partial charge in [0.15, 0.2) is 0 Å². The zero-order valence-electron chi connectivity index (χ0n) is 22.6. The number of anilines is 1. The molecule has 0 atom stereocenters. The Morgan fingerprint density at radius 2 is 1.46 bits per heavy atom. The van der Waals surface area contributed by atoms with Gasteiger partial charge in [-0.05, 0) is 106 Å². The maximum absolute atomic E-state index is 12.3. The maximum Gasteiger partial charge on any atom is 0.274 e. The third kappa shape index (κ3) is 4.97. The highest BCUT2D eigenvalue weighted by Gasteiger charge is 2.23. The third-order valence-electron chi connectivity index (χ3n) is 8.14. The van der Waals surface area contributed by atoms with Crippen LogP contribution in [0.4, 0.5) is 5.69 Å². The lowest BCUT2D eigenvalue weighted by Crippen LogP contribution is -2.24. The first kappa shape index (κ1) is 25.5. The number of para-hydroxylation sites is 1. The highest BCUT2D eigenvalue weighted by atomic mass is 32.1. The molecule has 1 amide bonds. The average molecular weight is 552 g/mol. The van der Waals surface area contributed by atoms with E-state index in [1.165, 1.54) is 49.2 Å². The normalized spacial score (nSPS) is 13.7. The predicted octanol–water partition coefficient (Wildman–Crippen LogP) is 9.10.